The summed E-state index contributed by atoms with van der Waals surface area (Å²) in [6.07, 6.45) is 5.85. The van der Waals surface area contributed by atoms with Gasteiger partial charge in [0.1, 0.15) is 0 Å². The molecule has 4 aromatic rings. The first-order chi connectivity index (χ1) is 13.2. The van der Waals surface area contributed by atoms with E-state index in [4.69, 9.17) is 0 Å². The highest BCUT2D eigenvalue weighted by Gasteiger charge is 2.05. The van der Waals surface area contributed by atoms with Crippen LogP contribution in [0.5, 0.6) is 0 Å². The zero-order valence-corrected chi connectivity index (χ0v) is 14.9. The van der Waals surface area contributed by atoms with Gasteiger partial charge in [0.2, 0.25) is 0 Å². The van der Waals surface area contributed by atoms with E-state index in [-0.39, 0.29) is 11.4 Å². The first-order valence-electron chi connectivity index (χ1n) is 9.13. The van der Waals surface area contributed by atoms with Gasteiger partial charge in [0.25, 0.3) is 0 Å². The molecule has 0 atom stereocenters. The van der Waals surface area contributed by atoms with Gasteiger partial charge in [0.15, 0.2) is 0 Å². The van der Waals surface area contributed by atoms with Crippen molar-refractivity contribution in [2.75, 3.05) is 0 Å². The lowest BCUT2D eigenvalue weighted by Crippen LogP contribution is -2.24. The van der Waals surface area contributed by atoms with Crippen molar-refractivity contribution in [3.8, 4) is 0 Å². The van der Waals surface area contributed by atoms with Crippen LogP contribution < -0.4 is 11.4 Å². The van der Waals surface area contributed by atoms with Crippen LogP contribution in [0.1, 0.15) is 19.3 Å². The number of fused-ring (bicyclic) bond motifs is 2. The number of rotatable bonds is 6. The predicted octanol–water partition coefficient (Wildman–Crippen LogP) is 2.98. The van der Waals surface area contributed by atoms with Crippen molar-refractivity contribution in [2.24, 2.45) is 0 Å². The van der Waals surface area contributed by atoms with Crippen LogP contribution in [0.2, 0.25) is 0 Å². The summed E-state index contributed by atoms with van der Waals surface area (Å²) in [5.41, 5.74) is 1.38. The Balaban J connectivity index is 1.42. The molecule has 0 aliphatic rings. The van der Waals surface area contributed by atoms with Crippen LogP contribution in [0, 0.1) is 0 Å². The number of unbranched alkanes of at least 4 members (excludes halogenated alkanes) is 2. The minimum atomic E-state index is -0.219. The van der Waals surface area contributed by atoms with Crippen molar-refractivity contribution >= 4 is 21.8 Å². The number of benzene rings is 2. The molecule has 0 radical (unpaired) electrons. The summed E-state index contributed by atoms with van der Waals surface area (Å²) in [6, 6.07) is 15.5. The highest BCUT2D eigenvalue weighted by atomic mass is 16.1. The summed E-state index contributed by atoms with van der Waals surface area (Å²) in [5.74, 6) is 0. The summed E-state index contributed by atoms with van der Waals surface area (Å²) >= 11 is 0. The van der Waals surface area contributed by atoms with Crippen molar-refractivity contribution in [1.82, 2.24) is 19.1 Å². The van der Waals surface area contributed by atoms with Crippen LogP contribution in [-0.2, 0) is 13.1 Å². The lowest BCUT2D eigenvalue weighted by molar-refractivity contribution is 0.538. The standard InChI is InChI=1S/C21H20N4O2/c26-20-22-14-16-8-2-4-10-18(16)24(20)12-6-1-7-13-25-19-11-5-3-9-17(19)15-23-21(25)27/h2-5,8-11,14-15H,1,6-7,12-13H2. The van der Waals surface area contributed by atoms with Gasteiger partial charge in [-0.2, -0.15) is 0 Å². The van der Waals surface area contributed by atoms with E-state index in [1.54, 1.807) is 21.5 Å². The van der Waals surface area contributed by atoms with Gasteiger partial charge in [-0.25, -0.2) is 19.6 Å². The molecule has 0 unspecified atom stereocenters. The maximum Gasteiger partial charge on any atom is 0.348 e. The monoisotopic (exact) mass is 360 g/mol. The van der Waals surface area contributed by atoms with Gasteiger partial charge in [0.05, 0.1) is 11.0 Å². The van der Waals surface area contributed by atoms with Crippen LogP contribution >= 0.6 is 0 Å². The zero-order valence-electron chi connectivity index (χ0n) is 14.9. The third-order valence-corrected chi connectivity index (χ3v) is 4.81. The molecule has 0 aliphatic heterocycles. The highest BCUT2D eigenvalue weighted by molar-refractivity contribution is 5.78. The van der Waals surface area contributed by atoms with Crippen molar-refractivity contribution in [3.63, 3.8) is 0 Å². The third kappa shape index (κ3) is 3.51. The topological polar surface area (TPSA) is 69.8 Å². The van der Waals surface area contributed by atoms with E-state index in [1.807, 2.05) is 48.5 Å². The van der Waals surface area contributed by atoms with Crippen molar-refractivity contribution in [2.45, 2.75) is 32.4 Å². The molecule has 2 aromatic heterocycles. The molecule has 2 heterocycles. The molecule has 0 saturated carbocycles. The van der Waals surface area contributed by atoms with Gasteiger partial charge in [0, 0.05) is 36.3 Å². The molecule has 0 N–H and O–H groups in total. The number of aryl methyl sites for hydroxylation is 2. The van der Waals surface area contributed by atoms with Crippen molar-refractivity contribution in [3.05, 3.63) is 81.9 Å². The molecule has 0 bridgehead atoms. The molecular weight excluding hydrogens is 340 g/mol. The Morgan fingerprint density at radius 1 is 0.630 bits per heavy atom. The Morgan fingerprint density at radius 3 is 1.56 bits per heavy atom. The van der Waals surface area contributed by atoms with Crippen LogP contribution in [0.4, 0.5) is 0 Å². The predicted molar refractivity (Wildman–Crippen MR) is 106 cm³/mol. The molecule has 0 saturated heterocycles. The molecule has 0 aliphatic carbocycles. The van der Waals surface area contributed by atoms with E-state index in [0.29, 0.717) is 13.1 Å². The minimum absolute atomic E-state index is 0.219. The van der Waals surface area contributed by atoms with Gasteiger partial charge in [-0.05, 0) is 31.4 Å². The smallest absolute Gasteiger partial charge is 0.292 e. The number of hydrogen-bond acceptors (Lipinski definition) is 4. The Labute approximate surface area is 155 Å². The fourth-order valence-corrected chi connectivity index (χ4v) is 3.43. The Bertz CT molecular complexity index is 1110. The normalized spacial score (nSPS) is 11.3. The second-order valence-electron chi connectivity index (χ2n) is 6.56. The summed E-state index contributed by atoms with van der Waals surface area (Å²) < 4.78 is 3.45. The second-order valence-corrected chi connectivity index (χ2v) is 6.56. The Kier molecular flexibility index (Phi) is 4.78. The third-order valence-electron chi connectivity index (χ3n) is 4.81. The zero-order chi connectivity index (χ0) is 18.6. The van der Waals surface area contributed by atoms with Gasteiger partial charge in [-0.3, -0.25) is 9.13 Å². The Morgan fingerprint density at radius 2 is 1.07 bits per heavy atom. The summed E-state index contributed by atoms with van der Waals surface area (Å²) in [5, 5.41) is 1.93. The van der Waals surface area contributed by atoms with Crippen LogP contribution in [0.15, 0.2) is 70.5 Å². The van der Waals surface area contributed by atoms with E-state index in [0.717, 1.165) is 41.1 Å². The van der Waals surface area contributed by atoms with Crippen molar-refractivity contribution < 1.29 is 0 Å². The fourth-order valence-electron chi connectivity index (χ4n) is 3.43. The molecule has 6 nitrogen and oxygen atoms in total. The van der Waals surface area contributed by atoms with E-state index >= 15 is 0 Å². The van der Waals surface area contributed by atoms with Crippen LogP contribution in [-0.4, -0.2) is 19.1 Å². The van der Waals surface area contributed by atoms with Crippen LogP contribution in [0.25, 0.3) is 21.8 Å². The highest BCUT2D eigenvalue weighted by Crippen LogP contribution is 2.13. The molecule has 27 heavy (non-hydrogen) atoms. The first kappa shape index (κ1) is 17.1. The molecule has 136 valence electrons. The molecule has 0 spiro atoms. The lowest BCUT2D eigenvalue weighted by atomic mass is 10.2. The number of para-hydroxylation sites is 2. The average Bonchev–Trinajstić information content (AvgIpc) is 2.70. The number of aromatic nitrogens is 4. The van der Waals surface area contributed by atoms with E-state index in [9.17, 15) is 9.59 Å². The fraction of sp³-hybridized carbons (Fsp3) is 0.238. The van der Waals surface area contributed by atoms with E-state index < -0.39 is 0 Å². The SMILES string of the molecule is O=c1ncc2ccccc2n1CCCCCn1c(=O)ncc2ccccc21. The molecule has 0 amide bonds. The molecular formula is C21H20N4O2. The number of hydrogen-bond donors (Lipinski definition) is 0. The van der Waals surface area contributed by atoms with Gasteiger partial charge in [-0.15, -0.1) is 0 Å². The first-order valence-corrected chi connectivity index (χ1v) is 9.13. The van der Waals surface area contributed by atoms with Crippen molar-refractivity contribution in [1.29, 1.82) is 0 Å². The van der Waals surface area contributed by atoms with Gasteiger partial charge in [-0.1, -0.05) is 36.4 Å². The maximum atomic E-state index is 12.1. The van der Waals surface area contributed by atoms with Gasteiger partial charge >= 0.3 is 11.4 Å². The number of nitrogens with zero attached hydrogens (tertiary/aromatic N) is 4. The summed E-state index contributed by atoms with van der Waals surface area (Å²) in [4.78, 5) is 32.1. The molecule has 6 heteroatoms. The summed E-state index contributed by atoms with van der Waals surface area (Å²) in [6.45, 7) is 1.24. The molecule has 4 rings (SSSR count). The summed E-state index contributed by atoms with van der Waals surface area (Å²) in [7, 11) is 0. The molecule has 0 fully saturated rings. The minimum Gasteiger partial charge on any atom is -0.292 e. The molecule has 2 aromatic carbocycles. The largest absolute Gasteiger partial charge is 0.348 e. The average molecular weight is 360 g/mol. The van der Waals surface area contributed by atoms with Gasteiger partial charge < -0.3 is 0 Å². The van der Waals surface area contributed by atoms with Crippen LogP contribution in [0.3, 0.4) is 0 Å². The maximum absolute atomic E-state index is 12.1. The Hall–Kier alpha value is -3.28. The lowest BCUT2D eigenvalue weighted by Gasteiger charge is -2.10. The van der Waals surface area contributed by atoms with E-state index in [1.165, 1.54) is 0 Å². The quantitative estimate of drug-likeness (QED) is 0.496. The van der Waals surface area contributed by atoms with E-state index in [2.05, 4.69) is 9.97 Å². The second kappa shape index (κ2) is 7.53.